The summed E-state index contributed by atoms with van der Waals surface area (Å²) in [6, 6.07) is 14.9. The van der Waals surface area contributed by atoms with Gasteiger partial charge >= 0.3 is 0 Å². The molecular weight excluding hydrogens is 338 g/mol. The minimum atomic E-state index is 0.0717. The molecule has 0 aliphatic heterocycles. The van der Waals surface area contributed by atoms with Crippen molar-refractivity contribution in [2.45, 2.75) is 45.3 Å². The van der Waals surface area contributed by atoms with Crippen molar-refractivity contribution in [2.75, 3.05) is 26.2 Å². The van der Waals surface area contributed by atoms with Crippen LogP contribution < -0.4 is 5.32 Å². The third-order valence-electron chi connectivity index (χ3n) is 5.26. The first-order valence-corrected chi connectivity index (χ1v) is 10.0. The Hall–Kier alpha value is -2.11. The molecule has 1 aliphatic rings. The molecule has 1 unspecified atom stereocenters. The van der Waals surface area contributed by atoms with Gasteiger partial charge in [0.15, 0.2) is 0 Å². The van der Waals surface area contributed by atoms with E-state index in [1.165, 1.54) is 18.4 Å². The van der Waals surface area contributed by atoms with Gasteiger partial charge in [-0.25, -0.2) is 0 Å². The zero-order valence-corrected chi connectivity index (χ0v) is 16.4. The zero-order valence-electron chi connectivity index (χ0n) is 16.4. The Labute approximate surface area is 162 Å². The van der Waals surface area contributed by atoms with Gasteiger partial charge < -0.3 is 9.73 Å². The second-order valence-electron chi connectivity index (χ2n) is 7.18. The lowest BCUT2D eigenvalue weighted by Crippen LogP contribution is -2.42. The first-order valence-electron chi connectivity index (χ1n) is 10.0. The third-order valence-corrected chi connectivity index (χ3v) is 5.26. The molecule has 1 aliphatic carbocycles. The molecule has 0 saturated heterocycles. The average molecular weight is 370 g/mol. The number of likely N-dealkylation sites (N-methyl/N-ethyl adjacent to an activating group) is 1. The maximum absolute atomic E-state index is 12.6. The van der Waals surface area contributed by atoms with Crippen LogP contribution in [0.3, 0.4) is 0 Å². The van der Waals surface area contributed by atoms with E-state index in [0.717, 1.165) is 25.4 Å². The highest BCUT2D eigenvalue weighted by Crippen LogP contribution is 2.28. The van der Waals surface area contributed by atoms with Gasteiger partial charge in [-0.15, -0.1) is 0 Å². The van der Waals surface area contributed by atoms with Crippen LogP contribution >= 0.6 is 0 Å². The van der Waals surface area contributed by atoms with Gasteiger partial charge in [-0.3, -0.25) is 14.6 Å². The number of carbonyl (C=O) groups excluding carboxylic acids is 1. The van der Waals surface area contributed by atoms with E-state index >= 15 is 0 Å². The number of amides is 1. The summed E-state index contributed by atoms with van der Waals surface area (Å²) in [6.07, 6.45) is 4.07. The smallest absolute Gasteiger partial charge is 0.234 e. The first kappa shape index (κ1) is 19.6. The van der Waals surface area contributed by atoms with Crippen molar-refractivity contribution < 1.29 is 9.21 Å². The lowest BCUT2D eigenvalue weighted by molar-refractivity contribution is -0.122. The minimum Gasteiger partial charge on any atom is -0.468 e. The van der Waals surface area contributed by atoms with E-state index in [0.29, 0.717) is 19.1 Å². The lowest BCUT2D eigenvalue weighted by atomic mass is 10.2. The quantitative estimate of drug-likeness (QED) is 0.659. The van der Waals surface area contributed by atoms with Gasteiger partial charge in [0.2, 0.25) is 5.91 Å². The number of hydrogen-bond acceptors (Lipinski definition) is 4. The molecule has 27 heavy (non-hydrogen) atoms. The van der Waals surface area contributed by atoms with Crippen LogP contribution in [0.15, 0.2) is 53.1 Å². The van der Waals surface area contributed by atoms with Crippen LogP contribution in [0, 0.1) is 0 Å². The molecule has 0 radical (unpaired) electrons. The number of hydrogen-bond donors (Lipinski definition) is 1. The number of rotatable bonds is 11. The molecule has 1 amide bonds. The van der Waals surface area contributed by atoms with Gasteiger partial charge in [-0.05, 0) is 43.6 Å². The van der Waals surface area contributed by atoms with Crippen LogP contribution in [-0.2, 0) is 11.3 Å². The summed E-state index contributed by atoms with van der Waals surface area (Å²) >= 11 is 0. The molecule has 1 heterocycles. The molecular formula is C22H31N3O2. The molecule has 1 aromatic carbocycles. The van der Waals surface area contributed by atoms with Gasteiger partial charge in [0.05, 0.1) is 18.8 Å². The van der Waals surface area contributed by atoms with Crippen molar-refractivity contribution in [3.63, 3.8) is 0 Å². The molecule has 3 rings (SSSR count). The standard InChI is InChI=1S/C22H31N3O2/c1-3-24(4-2)20(21-11-8-14-27-21)15-23-22(26)17-25(19-12-13-19)16-18-9-6-5-7-10-18/h5-11,14,19-20H,3-4,12-13,15-17H2,1-2H3,(H,23,26). The maximum atomic E-state index is 12.6. The van der Waals surface area contributed by atoms with Crippen molar-refractivity contribution in [1.29, 1.82) is 0 Å². The monoisotopic (exact) mass is 369 g/mol. The number of nitrogens with one attached hydrogen (secondary N) is 1. The van der Waals surface area contributed by atoms with Crippen molar-refractivity contribution >= 4 is 5.91 Å². The highest BCUT2D eigenvalue weighted by Gasteiger charge is 2.30. The van der Waals surface area contributed by atoms with E-state index in [1.54, 1.807) is 6.26 Å². The van der Waals surface area contributed by atoms with Crippen molar-refractivity contribution in [3.05, 3.63) is 60.1 Å². The van der Waals surface area contributed by atoms with E-state index < -0.39 is 0 Å². The highest BCUT2D eigenvalue weighted by molar-refractivity contribution is 5.78. The van der Waals surface area contributed by atoms with E-state index in [1.807, 2.05) is 18.2 Å². The molecule has 1 atom stereocenters. The average Bonchev–Trinajstić information content (AvgIpc) is 3.40. The van der Waals surface area contributed by atoms with Crippen molar-refractivity contribution in [2.24, 2.45) is 0 Å². The maximum Gasteiger partial charge on any atom is 0.234 e. The van der Waals surface area contributed by atoms with Crippen LogP contribution in [0.25, 0.3) is 0 Å². The van der Waals surface area contributed by atoms with E-state index in [-0.39, 0.29) is 11.9 Å². The summed E-state index contributed by atoms with van der Waals surface area (Å²) in [7, 11) is 0. The molecule has 1 N–H and O–H groups in total. The summed E-state index contributed by atoms with van der Waals surface area (Å²) in [4.78, 5) is 17.3. The normalized spacial score (nSPS) is 15.3. The van der Waals surface area contributed by atoms with Crippen LogP contribution in [0.1, 0.15) is 44.1 Å². The topological polar surface area (TPSA) is 48.7 Å². The molecule has 0 bridgehead atoms. The van der Waals surface area contributed by atoms with Gasteiger partial charge in [-0.2, -0.15) is 0 Å². The van der Waals surface area contributed by atoms with Gasteiger partial charge in [0, 0.05) is 19.1 Å². The second kappa shape index (κ2) is 9.72. The van der Waals surface area contributed by atoms with E-state index in [4.69, 9.17) is 4.42 Å². The van der Waals surface area contributed by atoms with Gasteiger partial charge in [-0.1, -0.05) is 44.2 Å². The summed E-state index contributed by atoms with van der Waals surface area (Å²) < 4.78 is 5.62. The number of benzene rings is 1. The second-order valence-corrected chi connectivity index (χ2v) is 7.18. The van der Waals surface area contributed by atoms with Crippen LogP contribution in [0.4, 0.5) is 0 Å². The predicted octanol–water partition coefficient (Wildman–Crippen LogP) is 3.44. The fourth-order valence-electron chi connectivity index (χ4n) is 3.58. The van der Waals surface area contributed by atoms with Crippen molar-refractivity contribution in [3.8, 4) is 0 Å². The lowest BCUT2D eigenvalue weighted by Gasteiger charge is -2.29. The summed E-state index contributed by atoms with van der Waals surface area (Å²) in [5.74, 6) is 0.990. The van der Waals surface area contributed by atoms with Crippen LogP contribution in [0.5, 0.6) is 0 Å². The Bertz CT molecular complexity index is 679. The van der Waals surface area contributed by atoms with E-state index in [9.17, 15) is 4.79 Å². The molecule has 1 saturated carbocycles. The molecule has 2 aromatic rings. The van der Waals surface area contributed by atoms with E-state index in [2.05, 4.69) is 53.2 Å². The van der Waals surface area contributed by atoms with Crippen LogP contribution in [0.2, 0.25) is 0 Å². The highest BCUT2D eigenvalue weighted by atomic mass is 16.3. The van der Waals surface area contributed by atoms with Gasteiger partial charge in [0.1, 0.15) is 5.76 Å². The molecule has 1 fully saturated rings. The first-order chi connectivity index (χ1) is 13.2. The third kappa shape index (κ3) is 5.68. The number of nitrogens with zero attached hydrogens (tertiary/aromatic N) is 2. The fraction of sp³-hybridized carbons (Fsp3) is 0.500. The Kier molecular flexibility index (Phi) is 7.07. The summed E-state index contributed by atoms with van der Waals surface area (Å²) in [5, 5.41) is 3.14. The summed E-state index contributed by atoms with van der Waals surface area (Å²) in [6.45, 7) is 7.95. The molecule has 0 spiro atoms. The van der Waals surface area contributed by atoms with Crippen LogP contribution in [-0.4, -0.2) is 47.9 Å². The Balaban J connectivity index is 1.56. The number of furan rings is 1. The molecule has 146 valence electrons. The largest absolute Gasteiger partial charge is 0.468 e. The van der Waals surface area contributed by atoms with Gasteiger partial charge in [0.25, 0.3) is 0 Å². The molecule has 1 aromatic heterocycles. The molecule has 5 nitrogen and oxygen atoms in total. The Morgan fingerprint density at radius 2 is 1.89 bits per heavy atom. The SMILES string of the molecule is CCN(CC)C(CNC(=O)CN(Cc1ccccc1)C1CC1)c1ccco1. The molecule has 5 heteroatoms. The minimum absolute atomic E-state index is 0.0717. The Morgan fingerprint density at radius 3 is 2.48 bits per heavy atom. The fourth-order valence-corrected chi connectivity index (χ4v) is 3.58. The van der Waals surface area contributed by atoms with Crippen molar-refractivity contribution in [1.82, 2.24) is 15.1 Å². The zero-order chi connectivity index (χ0) is 19.1. The number of carbonyl (C=O) groups is 1. The predicted molar refractivity (Wildman–Crippen MR) is 107 cm³/mol. The summed E-state index contributed by atoms with van der Waals surface area (Å²) in [5.41, 5.74) is 1.26. The Morgan fingerprint density at radius 1 is 1.15 bits per heavy atom.